The molecule has 144 valence electrons. The molecule has 0 unspecified atom stereocenters. The highest BCUT2D eigenvalue weighted by molar-refractivity contribution is 5.94. The van der Waals surface area contributed by atoms with E-state index in [9.17, 15) is 9.59 Å². The van der Waals surface area contributed by atoms with Gasteiger partial charge in [-0.15, -0.1) is 12.4 Å². The number of hydrogen-bond donors (Lipinski definition) is 2. The number of halogens is 1. The predicted octanol–water partition coefficient (Wildman–Crippen LogP) is 1.48. The number of carbonyl (C=O) groups is 2. The molecule has 2 amide bonds. The average Bonchev–Trinajstić information content (AvgIpc) is 3.05. The summed E-state index contributed by atoms with van der Waals surface area (Å²) in [6.07, 6.45) is 6.37. The van der Waals surface area contributed by atoms with Gasteiger partial charge in [-0.2, -0.15) is 5.10 Å². The van der Waals surface area contributed by atoms with Crippen molar-refractivity contribution in [3.8, 4) is 0 Å². The molecule has 8 heteroatoms. The molecule has 7 nitrogen and oxygen atoms in total. The summed E-state index contributed by atoms with van der Waals surface area (Å²) in [6, 6.07) is 0. The van der Waals surface area contributed by atoms with E-state index in [1.165, 1.54) is 6.42 Å². The van der Waals surface area contributed by atoms with Crippen LogP contribution in [-0.2, 0) is 17.8 Å². The van der Waals surface area contributed by atoms with Gasteiger partial charge < -0.3 is 15.1 Å². The van der Waals surface area contributed by atoms with Crippen LogP contribution in [0.4, 0.5) is 0 Å². The fourth-order valence-corrected chi connectivity index (χ4v) is 4.83. The summed E-state index contributed by atoms with van der Waals surface area (Å²) < 4.78 is 0. The van der Waals surface area contributed by atoms with E-state index in [-0.39, 0.29) is 29.8 Å². The third-order valence-corrected chi connectivity index (χ3v) is 6.11. The number of carbonyl (C=O) groups excluding carboxylic acids is 2. The number of aromatic nitrogens is 2. The number of amides is 2. The lowest BCUT2D eigenvalue weighted by atomic mass is 9.78. The molecule has 1 spiro atoms. The lowest BCUT2D eigenvalue weighted by Gasteiger charge is -2.52. The monoisotopic (exact) mass is 381 g/mol. The van der Waals surface area contributed by atoms with E-state index < -0.39 is 0 Å². The lowest BCUT2D eigenvalue weighted by molar-refractivity contribution is -0.141. The van der Waals surface area contributed by atoms with Crippen LogP contribution in [0.5, 0.6) is 0 Å². The molecule has 1 aliphatic carbocycles. The summed E-state index contributed by atoms with van der Waals surface area (Å²) in [5.74, 6) is 0.143. The van der Waals surface area contributed by atoms with Gasteiger partial charge in [0.2, 0.25) is 5.91 Å². The molecule has 3 aliphatic rings. The van der Waals surface area contributed by atoms with Gasteiger partial charge in [-0.1, -0.05) is 19.3 Å². The van der Waals surface area contributed by atoms with Crippen molar-refractivity contribution in [3.05, 3.63) is 17.0 Å². The highest BCUT2D eigenvalue weighted by Crippen LogP contribution is 2.37. The molecule has 0 radical (unpaired) electrons. The summed E-state index contributed by atoms with van der Waals surface area (Å²) in [4.78, 5) is 29.3. The van der Waals surface area contributed by atoms with Crippen LogP contribution >= 0.6 is 12.4 Å². The molecule has 1 saturated carbocycles. The Morgan fingerprint density at radius 3 is 2.65 bits per heavy atom. The van der Waals surface area contributed by atoms with Gasteiger partial charge in [0, 0.05) is 57.3 Å². The second kappa shape index (κ2) is 7.56. The lowest BCUT2D eigenvalue weighted by Crippen LogP contribution is -2.65. The Morgan fingerprint density at radius 2 is 1.92 bits per heavy atom. The maximum atomic E-state index is 13.1. The number of aromatic amines is 1. The molecule has 0 aromatic carbocycles. The number of hydrogen-bond acceptors (Lipinski definition) is 4. The molecule has 0 bridgehead atoms. The van der Waals surface area contributed by atoms with Gasteiger partial charge in [-0.3, -0.25) is 14.7 Å². The van der Waals surface area contributed by atoms with Gasteiger partial charge in [-0.05, 0) is 12.8 Å². The maximum absolute atomic E-state index is 13.1. The molecule has 2 N–H and O–H groups in total. The van der Waals surface area contributed by atoms with Gasteiger partial charge in [0.1, 0.15) is 0 Å². The first kappa shape index (κ1) is 19.2. The van der Waals surface area contributed by atoms with Crippen molar-refractivity contribution in [2.45, 2.75) is 57.5 Å². The summed E-state index contributed by atoms with van der Waals surface area (Å²) in [5, 5.41) is 10.7. The first-order valence-corrected chi connectivity index (χ1v) is 9.45. The summed E-state index contributed by atoms with van der Waals surface area (Å²) in [5.41, 5.74) is 2.48. The van der Waals surface area contributed by atoms with Crippen LogP contribution < -0.4 is 5.32 Å². The van der Waals surface area contributed by atoms with Gasteiger partial charge in [0.05, 0.1) is 5.54 Å². The molecule has 1 aromatic rings. The van der Waals surface area contributed by atoms with Crippen LogP contribution in [0.3, 0.4) is 0 Å². The van der Waals surface area contributed by atoms with E-state index in [0.29, 0.717) is 31.9 Å². The first-order chi connectivity index (χ1) is 12.1. The number of fused-ring (bicyclic) bond motifs is 1. The Balaban J connectivity index is 0.00000196. The normalized spacial score (nSPS) is 21.9. The van der Waals surface area contributed by atoms with Crippen molar-refractivity contribution in [1.82, 2.24) is 25.3 Å². The smallest absolute Gasteiger partial charge is 0.274 e. The molecule has 2 aliphatic heterocycles. The minimum absolute atomic E-state index is 0. The Morgan fingerprint density at radius 1 is 1.15 bits per heavy atom. The highest BCUT2D eigenvalue weighted by Gasteiger charge is 2.45. The summed E-state index contributed by atoms with van der Waals surface area (Å²) in [7, 11) is 0. The minimum Gasteiger partial charge on any atom is -0.334 e. The molecular weight excluding hydrogens is 354 g/mol. The number of piperazine rings is 1. The SMILES string of the molecule is CC(=O)N1CCN(C(=O)c2n[nH]c3c2CNCC3)CC12CCCCC2.Cl. The van der Waals surface area contributed by atoms with Gasteiger partial charge >= 0.3 is 0 Å². The minimum atomic E-state index is -0.174. The molecular formula is C18H28ClN5O2. The van der Waals surface area contributed by atoms with Crippen molar-refractivity contribution < 1.29 is 9.59 Å². The zero-order valence-corrected chi connectivity index (χ0v) is 16.2. The van der Waals surface area contributed by atoms with Crippen LogP contribution in [0, 0.1) is 0 Å². The first-order valence-electron chi connectivity index (χ1n) is 9.45. The zero-order chi connectivity index (χ0) is 17.4. The second-order valence-corrected chi connectivity index (χ2v) is 7.64. The van der Waals surface area contributed by atoms with Gasteiger partial charge in [-0.25, -0.2) is 0 Å². The highest BCUT2D eigenvalue weighted by atomic mass is 35.5. The Kier molecular flexibility index (Phi) is 5.58. The number of rotatable bonds is 1. The van der Waals surface area contributed by atoms with Crippen LogP contribution in [0.2, 0.25) is 0 Å². The van der Waals surface area contributed by atoms with Crippen molar-refractivity contribution in [3.63, 3.8) is 0 Å². The van der Waals surface area contributed by atoms with E-state index in [4.69, 9.17) is 0 Å². The Labute approximate surface area is 160 Å². The number of nitrogens with zero attached hydrogens (tertiary/aromatic N) is 3. The largest absolute Gasteiger partial charge is 0.334 e. The fourth-order valence-electron chi connectivity index (χ4n) is 4.83. The van der Waals surface area contributed by atoms with E-state index in [2.05, 4.69) is 15.5 Å². The standard InChI is InChI=1S/C18H27N5O2.ClH/c1-13(24)23-10-9-22(12-18(23)6-3-2-4-7-18)17(25)16-14-11-19-8-5-15(14)20-21-16;/h19H,2-12H2,1H3,(H,20,21);1H. The van der Waals surface area contributed by atoms with Crippen LogP contribution in [0.25, 0.3) is 0 Å². The number of H-pyrrole nitrogens is 1. The maximum Gasteiger partial charge on any atom is 0.274 e. The second-order valence-electron chi connectivity index (χ2n) is 7.64. The molecule has 26 heavy (non-hydrogen) atoms. The quantitative estimate of drug-likeness (QED) is 0.772. The van der Waals surface area contributed by atoms with E-state index in [1.807, 2.05) is 9.80 Å². The fraction of sp³-hybridized carbons (Fsp3) is 0.722. The molecule has 0 atom stereocenters. The molecule has 1 saturated heterocycles. The van der Waals surface area contributed by atoms with Crippen molar-refractivity contribution in [1.29, 1.82) is 0 Å². The molecule has 3 heterocycles. The predicted molar refractivity (Wildman–Crippen MR) is 100 cm³/mol. The summed E-state index contributed by atoms with van der Waals surface area (Å²) in [6.45, 7) is 5.14. The van der Waals surface area contributed by atoms with Gasteiger partial charge in [0.15, 0.2) is 5.69 Å². The zero-order valence-electron chi connectivity index (χ0n) is 15.3. The van der Waals surface area contributed by atoms with E-state index in [1.54, 1.807) is 6.92 Å². The van der Waals surface area contributed by atoms with E-state index >= 15 is 0 Å². The van der Waals surface area contributed by atoms with Gasteiger partial charge in [0.25, 0.3) is 5.91 Å². The Hall–Kier alpha value is -1.60. The third kappa shape index (κ3) is 3.22. The third-order valence-electron chi connectivity index (χ3n) is 6.11. The molecule has 4 rings (SSSR count). The van der Waals surface area contributed by atoms with Crippen molar-refractivity contribution >= 4 is 24.2 Å². The van der Waals surface area contributed by atoms with Crippen LogP contribution in [0.15, 0.2) is 0 Å². The average molecular weight is 382 g/mol. The molecule has 2 fully saturated rings. The number of nitrogens with one attached hydrogen (secondary N) is 2. The Bertz CT molecular complexity index is 683. The van der Waals surface area contributed by atoms with Crippen LogP contribution in [0.1, 0.15) is 60.8 Å². The van der Waals surface area contributed by atoms with E-state index in [0.717, 1.165) is 49.9 Å². The van der Waals surface area contributed by atoms with Crippen LogP contribution in [-0.4, -0.2) is 63.5 Å². The van der Waals surface area contributed by atoms with Crippen molar-refractivity contribution in [2.24, 2.45) is 0 Å². The topological polar surface area (TPSA) is 81.3 Å². The van der Waals surface area contributed by atoms with Crippen molar-refractivity contribution in [2.75, 3.05) is 26.2 Å². The summed E-state index contributed by atoms with van der Waals surface area (Å²) >= 11 is 0. The molecule has 1 aromatic heterocycles.